The van der Waals surface area contributed by atoms with Crippen LogP contribution in [0.2, 0.25) is 5.02 Å². The third kappa shape index (κ3) is 3.04. The molecule has 2 rings (SSSR count). The van der Waals surface area contributed by atoms with Gasteiger partial charge in [-0.1, -0.05) is 29.8 Å². The molecule has 1 unspecified atom stereocenters. The van der Waals surface area contributed by atoms with Crippen molar-refractivity contribution in [1.82, 2.24) is 0 Å². The lowest BCUT2D eigenvalue weighted by Gasteiger charge is -2.17. The molecule has 0 bridgehead atoms. The zero-order valence-electron chi connectivity index (χ0n) is 10.3. The van der Waals surface area contributed by atoms with Crippen LogP contribution in [0.25, 0.3) is 0 Å². The summed E-state index contributed by atoms with van der Waals surface area (Å²) in [5.74, 6) is -0.518. The first-order valence-electron chi connectivity index (χ1n) is 5.82. The molecule has 0 heterocycles. The molecule has 0 aliphatic rings. The van der Waals surface area contributed by atoms with Gasteiger partial charge in [0, 0.05) is 11.1 Å². The van der Waals surface area contributed by atoms with E-state index >= 15 is 0 Å². The number of halogens is 2. The van der Waals surface area contributed by atoms with Crippen LogP contribution in [0.5, 0.6) is 0 Å². The van der Waals surface area contributed by atoms with Crippen LogP contribution in [0.4, 0.5) is 10.1 Å². The standard InChI is InChI=1S/C15H12ClFN2/c1-10(11-5-7-12(16)8-6-11)19-15-4-2-3-14(17)13(15)9-18/h2-8,10,19H,1H3. The van der Waals surface area contributed by atoms with Gasteiger partial charge in [-0.25, -0.2) is 4.39 Å². The molecule has 0 aromatic heterocycles. The summed E-state index contributed by atoms with van der Waals surface area (Å²) in [6, 6.07) is 13.7. The van der Waals surface area contributed by atoms with Gasteiger partial charge >= 0.3 is 0 Å². The second-order valence-corrected chi connectivity index (χ2v) is 4.63. The van der Waals surface area contributed by atoms with E-state index < -0.39 is 5.82 Å². The molecule has 0 radical (unpaired) electrons. The molecule has 0 saturated heterocycles. The Hall–Kier alpha value is -2.05. The van der Waals surface area contributed by atoms with Crippen LogP contribution in [0.3, 0.4) is 0 Å². The minimum atomic E-state index is -0.518. The van der Waals surface area contributed by atoms with E-state index in [1.165, 1.54) is 6.07 Å². The summed E-state index contributed by atoms with van der Waals surface area (Å²) in [5.41, 5.74) is 1.53. The highest BCUT2D eigenvalue weighted by Crippen LogP contribution is 2.24. The normalized spacial score (nSPS) is 11.7. The number of nitriles is 1. The van der Waals surface area contributed by atoms with Crippen molar-refractivity contribution in [3.05, 3.63) is 64.4 Å². The summed E-state index contributed by atoms with van der Waals surface area (Å²) in [7, 11) is 0. The molecular formula is C15H12ClFN2. The Labute approximate surface area is 116 Å². The van der Waals surface area contributed by atoms with Crippen molar-refractivity contribution in [2.24, 2.45) is 0 Å². The Kier molecular flexibility index (Phi) is 4.03. The first-order valence-corrected chi connectivity index (χ1v) is 6.20. The van der Waals surface area contributed by atoms with Crippen LogP contribution in [-0.4, -0.2) is 0 Å². The van der Waals surface area contributed by atoms with Crippen molar-refractivity contribution < 1.29 is 4.39 Å². The summed E-state index contributed by atoms with van der Waals surface area (Å²) in [5, 5.41) is 12.8. The van der Waals surface area contributed by atoms with E-state index in [0.717, 1.165) is 5.56 Å². The number of nitrogens with zero attached hydrogens (tertiary/aromatic N) is 1. The number of hydrogen-bond acceptors (Lipinski definition) is 2. The second-order valence-electron chi connectivity index (χ2n) is 4.19. The number of benzene rings is 2. The first kappa shape index (κ1) is 13.4. The minimum absolute atomic E-state index is 0.0308. The van der Waals surface area contributed by atoms with Gasteiger partial charge in [-0.15, -0.1) is 0 Å². The average molecular weight is 275 g/mol. The molecule has 2 aromatic rings. The van der Waals surface area contributed by atoms with Crippen molar-refractivity contribution in [3.63, 3.8) is 0 Å². The third-order valence-electron chi connectivity index (χ3n) is 2.87. The molecule has 19 heavy (non-hydrogen) atoms. The molecule has 96 valence electrons. The number of rotatable bonds is 3. The molecule has 0 aliphatic heterocycles. The van der Waals surface area contributed by atoms with Gasteiger partial charge in [-0.3, -0.25) is 0 Å². The van der Waals surface area contributed by atoms with Crippen LogP contribution < -0.4 is 5.32 Å². The topological polar surface area (TPSA) is 35.8 Å². The summed E-state index contributed by atoms with van der Waals surface area (Å²) in [6.07, 6.45) is 0. The van der Waals surface area contributed by atoms with Crippen LogP contribution in [0.1, 0.15) is 24.1 Å². The van der Waals surface area contributed by atoms with E-state index in [2.05, 4.69) is 5.32 Å². The third-order valence-corrected chi connectivity index (χ3v) is 3.12. The van der Waals surface area contributed by atoms with Crippen molar-refractivity contribution in [1.29, 1.82) is 5.26 Å². The van der Waals surface area contributed by atoms with Crippen LogP contribution in [-0.2, 0) is 0 Å². The maximum Gasteiger partial charge on any atom is 0.143 e. The van der Waals surface area contributed by atoms with E-state index in [4.69, 9.17) is 16.9 Å². The average Bonchev–Trinajstić information content (AvgIpc) is 2.39. The molecule has 2 nitrogen and oxygen atoms in total. The molecule has 0 aliphatic carbocycles. The molecule has 0 spiro atoms. The monoisotopic (exact) mass is 274 g/mol. The zero-order chi connectivity index (χ0) is 13.8. The summed E-state index contributed by atoms with van der Waals surface area (Å²) < 4.78 is 13.5. The molecular weight excluding hydrogens is 263 g/mol. The lowest BCUT2D eigenvalue weighted by molar-refractivity contribution is 0.624. The fourth-order valence-electron chi connectivity index (χ4n) is 1.83. The summed E-state index contributed by atoms with van der Waals surface area (Å²) >= 11 is 5.83. The Morgan fingerprint density at radius 2 is 1.89 bits per heavy atom. The van der Waals surface area contributed by atoms with Gasteiger partial charge in [0.25, 0.3) is 0 Å². The van der Waals surface area contributed by atoms with Gasteiger partial charge in [-0.2, -0.15) is 5.26 Å². The molecule has 1 N–H and O–H groups in total. The maximum absolute atomic E-state index is 13.5. The highest BCUT2D eigenvalue weighted by molar-refractivity contribution is 6.30. The number of anilines is 1. The van der Waals surface area contributed by atoms with Gasteiger partial charge < -0.3 is 5.32 Å². The largest absolute Gasteiger partial charge is 0.377 e. The Bertz CT molecular complexity index is 617. The molecule has 0 saturated carbocycles. The van der Waals surface area contributed by atoms with Crippen LogP contribution in [0.15, 0.2) is 42.5 Å². The van der Waals surface area contributed by atoms with Crippen molar-refractivity contribution in [2.45, 2.75) is 13.0 Å². The molecule has 0 amide bonds. The fraction of sp³-hybridized carbons (Fsp3) is 0.133. The SMILES string of the molecule is CC(Nc1cccc(F)c1C#N)c1ccc(Cl)cc1. The van der Waals surface area contributed by atoms with Crippen molar-refractivity contribution in [2.75, 3.05) is 5.32 Å². The lowest BCUT2D eigenvalue weighted by Crippen LogP contribution is -2.08. The van der Waals surface area contributed by atoms with E-state index in [0.29, 0.717) is 10.7 Å². The number of nitrogens with one attached hydrogen (secondary N) is 1. The van der Waals surface area contributed by atoms with Crippen molar-refractivity contribution >= 4 is 17.3 Å². The van der Waals surface area contributed by atoms with Gasteiger partial charge in [-0.05, 0) is 36.8 Å². The highest BCUT2D eigenvalue weighted by atomic mass is 35.5. The smallest absolute Gasteiger partial charge is 0.143 e. The van der Waals surface area contributed by atoms with Gasteiger partial charge in [0.15, 0.2) is 0 Å². The molecule has 4 heteroatoms. The molecule has 0 fully saturated rings. The van der Waals surface area contributed by atoms with E-state index in [9.17, 15) is 4.39 Å². The zero-order valence-corrected chi connectivity index (χ0v) is 11.1. The van der Waals surface area contributed by atoms with E-state index in [-0.39, 0.29) is 11.6 Å². The second kappa shape index (κ2) is 5.73. The Morgan fingerprint density at radius 1 is 1.21 bits per heavy atom. The predicted octanol–water partition coefficient (Wildman–Crippen LogP) is 4.52. The predicted molar refractivity (Wildman–Crippen MR) is 74.6 cm³/mol. The fourth-order valence-corrected chi connectivity index (χ4v) is 1.95. The molecule has 1 atom stereocenters. The van der Waals surface area contributed by atoms with E-state index in [1.807, 2.05) is 25.1 Å². The lowest BCUT2D eigenvalue weighted by atomic mass is 10.1. The summed E-state index contributed by atoms with van der Waals surface area (Å²) in [4.78, 5) is 0. The highest BCUT2D eigenvalue weighted by Gasteiger charge is 2.11. The van der Waals surface area contributed by atoms with Crippen LogP contribution in [0, 0.1) is 17.1 Å². The van der Waals surface area contributed by atoms with Crippen molar-refractivity contribution in [3.8, 4) is 6.07 Å². The molecule has 2 aromatic carbocycles. The quantitative estimate of drug-likeness (QED) is 0.893. The Balaban J connectivity index is 2.24. The first-order chi connectivity index (χ1) is 9.11. The summed E-state index contributed by atoms with van der Waals surface area (Å²) in [6.45, 7) is 1.94. The number of hydrogen-bond donors (Lipinski definition) is 1. The van der Waals surface area contributed by atoms with E-state index in [1.54, 1.807) is 24.3 Å². The minimum Gasteiger partial charge on any atom is -0.377 e. The Morgan fingerprint density at radius 3 is 2.53 bits per heavy atom. The van der Waals surface area contributed by atoms with Gasteiger partial charge in [0.1, 0.15) is 17.4 Å². The van der Waals surface area contributed by atoms with Gasteiger partial charge in [0.2, 0.25) is 0 Å². The van der Waals surface area contributed by atoms with Gasteiger partial charge in [0.05, 0.1) is 5.69 Å². The maximum atomic E-state index is 13.5. The van der Waals surface area contributed by atoms with Crippen LogP contribution >= 0.6 is 11.6 Å².